The zero-order chi connectivity index (χ0) is 14.7. The first-order valence-corrected chi connectivity index (χ1v) is 7.08. The highest BCUT2D eigenvalue weighted by molar-refractivity contribution is 14.1. The van der Waals surface area contributed by atoms with Crippen molar-refractivity contribution in [1.82, 2.24) is 0 Å². The molecule has 104 valence electrons. The topological polar surface area (TPSA) is 77.8 Å². The molecule has 5 heteroatoms. The number of hydrogen-bond acceptors (Lipinski definition) is 4. The van der Waals surface area contributed by atoms with Crippen LogP contribution in [0.2, 0.25) is 0 Å². The molecule has 2 aromatic rings. The third kappa shape index (κ3) is 3.41. The second-order valence-electron chi connectivity index (χ2n) is 4.41. The zero-order valence-electron chi connectivity index (χ0n) is 10.5. The summed E-state index contributed by atoms with van der Waals surface area (Å²) in [5, 5.41) is 28.5. The summed E-state index contributed by atoms with van der Waals surface area (Å²) in [6, 6.07) is 9.86. The molecule has 0 saturated carbocycles. The lowest BCUT2D eigenvalue weighted by Gasteiger charge is -2.07. The number of benzene rings is 2. The second kappa shape index (κ2) is 6.13. The number of carbonyl (C=O) groups is 1. The number of rotatable bonds is 4. The van der Waals surface area contributed by atoms with Gasteiger partial charge in [-0.2, -0.15) is 0 Å². The van der Waals surface area contributed by atoms with Crippen molar-refractivity contribution in [1.29, 1.82) is 0 Å². The van der Waals surface area contributed by atoms with Gasteiger partial charge in [0.1, 0.15) is 22.8 Å². The molecule has 0 radical (unpaired) electrons. The van der Waals surface area contributed by atoms with E-state index in [4.69, 9.17) is 0 Å². The molecule has 0 spiro atoms. The number of ketones is 1. The van der Waals surface area contributed by atoms with Crippen molar-refractivity contribution in [2.24, 2.45) is 0 Å². The summed E-state index contributed by atoms with van der Waals surface area (Å²) in [6.45, 7) is 0. The Kier molecular flexibility index (Phi) is 4.49. The van der Waals surface area contributed by atoms with E-state index in [0.29, 0.717) is 6.42 Å². The fourth-order valence-corrected chi connectivity index (χ4v) is 2.28. The molecule has 0 aliphatic heterocycles. The van der Waals surface area contributed by atoms with Crippen LogP contribution in [-0.2, 0) is 6.42 Å². The lowest BCUT2D eigenvalue weighted by Crippen LogP contribution is -2.02. The summed E-state index contributed by atoms with van der Waals surface area (Å²) in [5.74, 6) is -1.46. The summed E-state index contributed by atoms with van der Waals surface area (Å²) in [6.07, 6.45) is 0.696. The Balaban J connectivity index is 2.11. The quantitative estimate of drug-likeness (QED) is 0.559. The van der Waals surface area contributed by atoms with Crippen molar-refractivity contribution < 1.29 is 20.1 Å². The van der Waals surface area contributed by atoms with Crippen LogP contribution in [0.1, 0.15) is 22.3 Å². The maximum atomic E-state index is 12.0. The Morgan fingerprint density at radius 2 is 1.55 bits per heavy atom. The molecule has 4 nitrogen and oxygen atoms in total. The second-order valence-corrected chi connectivity index (χ2v) is 5.65. The predicted molar refractivity (Wildman–Crippen MR) is 83.2 cm³/mol. The minimum Gasteiger partial charge on any atom is -0.508 e. The molecule has 2 aromatic carbocycles. The standard InChI is InChI=1S/C15H13IO4/c16-10-4-1-9(2-5-10)3-6-12(18)15-13(19)7-11(17)8-14(15)20/h1-2,4-5,7-8,17,19-20H,3,6H2. The maximum Gasteiger partial charge on any atom is 0.170 e. The van der Waals surface area contributed by atoms with Crippen molar-refractivity contribution in [3.63, 3.8) is 0 Å². The highest BCUT2D eigenvalue weighted by atomic mass is 127. The molecule has 0 amide bonds. The Morgan fingerprint density at radius 3 is 2.10 bits per heavy atom. The predicted octanol–water partition coefficient (Wildman–Crippen LogP) is 3.22. The van der Waals surface area contributed by atoms with E-state index in [2.05, 4.69) is 22.6 Å². The minimum absolute atomic E-state index is 0.145. The lowest BCUT2D eigenvalue weighted by molar-refractivity contribution is 0.0977. The van der Waals surface area contributed by atoms with E-state index in [1.807, 2.05) is 24.3 Å². The molecule has 0 atom stereocenters. The number of carbonyl (C=O) groups excluding carboxylic acids is 1. The van der Waals surface area contributed by atoms with Gasteiger partial charge in [-0.25, -0.2) is 0 Å². The summed E-state index contributed by atoms with van der Waals surface area (Å²) in [7, 11) is 0. The van der Waals surface area contributed by atoms with Gasteiger partial charge in [0, 0.05) is 22.1 Å². The first-order chi connectivity index (χ1) is 9.47. The fourth-order valence-electron chi connectivity index (χ4n) is 1.92. The summed E-state index contributed by atoms with van der Waals surface area (Å²) in [4.78, 5) is 12.0. The third-order valence-corrected chi connectivity index (χ3v) is 3.63. The van der Waals surface area contributed by atoms with Crippen LogP contribution >= 0.6 is 22.6 Å². The van der Waals surface area contributed by atoms with Crippen LogP contribution < -0.4 is 0 Å². The zero-order valence-corrected chi connectivity index (χ0v) is 12.7. The SMILES string of the molecule is O=C(CCc1ccc(I)cc1)c1c(O)cc(O)cc1O. The van der Waals surface area contributed by atoms with Gasteiger partial charge in [-0.1, -0.05) is 12.1 Å². The average molecular weight is 384 g/mol. The normalized spacial score (nSPS) is 10.4. The van der Waals surface area contributed by atoms with Gasteiger partial charge in [0.25, 0.3) is 0 Å². The van der Waals surface area contributed by atoms with E-state index >= 15 is 0 Å². The van der Waals surface area contributed by atoms with Gasteiger partial charge in [0.05, 0.1) is 0 Å². The van der Waals surface area contributed by atoms with Crippen LogP contribution in [0, 0.1) is 3.57 Å². The smallest absolute Gasteiger partial charge is 0.170 e. The van der Waals surface area contributed by atoms with E-state index < -0.39 is 11.5 Å². The van der Waals surface area contributed by atoms with E-state index in [0.717, 1.165) is 21.3 Å². The van der Waals surface area contributed by atoms with E-state index in [-0.39, 0.29) is 23.5 Å². The Morgan fingerprint density at radius 1 is 1.00 bits per heavy atom. The molecular weight excluding hydrogens is 371 g/mol. The largest absolute Gasteiger partial charge is 0.508 e. The van der Waals surface area contributed by atoms with Crippen molar-refractivity contribution in [2.75, 3.05) is 0 Å². The van der Waals surface area contributed by atoms with Gasteiger partial charge in [-0.3, -0.25) is 4.79 Å². The van der Waals surface area contributed by atoms with Crippen molar-refractivity contribution in [3.05, 3.63) is 51.1 Å². The third-order valence-electron chi connectivity index (χ3n) is 2.91. The number of phenolic OH excluding ortho intramolecular Hbond substituents is 3. The highest BCUT2D eigenvalue weighted by Crippen LogP contribution is 2.33. The highest BCUT2D eigenvalue weighted by Gasteiger charge is 2.17. The number of halogens is 1. The molecule has 0 fully saturated rings. The van der Waals surface area contributed by atoms with E-state index in [1.54, 1.807) is 0 Å². The molecule has 0 aliphatic carbocycles. The molecule has 20 heavy (non-hydrogen) atoms. The van der Waals surface area contributed by atoms with E-state index in [9.17, 15) is 20.1 Å². The number of phenols is 3. The first-order valence-electron chi connectivity index (χ1n) is 6.00. The first kappa shape index (κ1) is 14.6. The van der Waals surface area contributed by atoms with Gasteiger partial charge < -0.3 is 15.3 Å². The molecule has 0 bridgehead atoms. The summed E-state index contributed by atoms with van der Waals surface area (Å²) in [5.41, 5.74) is 0.866. The van der Waals surface area contributed by atoms with Crippen LogP contribution in [0.15, 0.2) is 36.4 Å². The van der Waals surface area contributed by atoms with Gasteiger partial charge in [-0.05, 0) is 46.7 Å². The Hall–Kier alpha value is -1.76. The molecule has 2 rings (SSSR count). The Labute approximate surface area is 129 Å². The lowest BCUT2D eigenvalue weighted by atomic mass is 10.0. The van der Waals surface area contributed by atoms with Gasteiger partial charge in [0.15, 0.2) is 5.78 Å². The van der Waals surface area contributed by atoms with Crippen LogP contribution in [-0.4, -0.2) is 21.1 Å². The molecule has 0 aromatic heterocycles. The van der Waals surface area contributed by atoms with Gasteiger partial charge in [0.2, 0.25) is 0 Å². The van der Waals surface area contributed by atoms with Gasteiger partial charge >= 0.3 is 0 Å². The summed E-state index contributed by atoms with van der Waals surface area (Å²) < 4.78 is 1.12. The van der Waals surface area contributed by atoms with E-state index in [1.165, 1.54) is 0 Å². The maximum absolute atomic E-state index is 12.0. The fraction of sp³-hybridized carbons (Fsp3) is 0.133. The van der Waals surface area contributed by atoms with Crippen molar-refractivity contribution in [3.8, 4) is 17.2 Å². The number of Topliss-reactive ketones (excluding diaryl/α,β-unsaturated/α-hetero) is 1. The molecule has 3 N–H and O–H groups in total. The molecule has 0 saturated heterocycles. The van der Waals surface area contributed by atoms with Crippen molar-refractivity contribution in [2.45, 2.75) is 12.8 Å². The van der Waals surface area contributed by atoms with Crippen LogP contribution in [0.25, 0.3) is 0 Å². The monoisotopic (exact) mass is 384 g/mol. The Bertz CT molecular complexity index is 612. The van der Waals surface area contributed by atoms with Crippen molar-refractivity contribution >= 4 is 28.4 Å². The molecule has 0 aliphatic rings. The average Bonchev–Trinajstić information content (AvgIpc) is 2.37. The van der Waals surface area contributed by atoms with Crippen LogP contribution in [0.3, 0.4) is 0 Å². The molecular formula is C15H13IO4. The molecule has 0 heterocycles. The number of aromatic hydroxyl groups is 3. The number of hydrogen-bond donors (Lipinski definition) is 3. The molecule has 0 unspecified atom stereocenters. The minimum atomic E-state index is -0.407. The van der Waals surface area contributed by atoms with Gasteiger partial charge in [-0.15, -0.1) is 0 Å². The number of aryl methyl sites for hydroxylation is 1. The van der Waals surface area contributed by atoms with Crippen LogP contribution in [0.4, 0.5) is 0 Å². The summed E-state index contributed by atoms with van der Waals surface area (Å²) >= 11 is 2.20. The van der Waals surface area contributed by atoms with Crippen LogP contribution in [0.5, 0.6) is 17.2 Å².